The molecule has 0 aromatic heterocycles. The molecule has 2 aliphatic rings. The van der Waals surface area contributed by atoms with E-state index >= 15 is 0 Å². The molecular formula is C25H32N2O5S. The molecule has 0 spiro atoms. The van der Waals surface area contributed by atoms with Crippen LogP contribution in [0.3, 0.4) is 0 Å². The fraction of sp³-hybridized carbons (Fsp3) is 0.480. The Morgan fingerprint density at radius 1 is 1.06 bits per heavy atom. The average Bonchev–Trinajstić information content (AvgIpc) is 3.12. The molecule has 1 fully saturated rings. The van der Waals surface area contributed by atoms with E-state index in [1.54, 1.807) is 12.1 Å². The lowest BCUT2D eigenvalue weighted by molar-refractivity contribution is 0.0917. The van der Waals surface area contributed by atoms with E-state index in [0.29, 0.717) is 29.0 Å². The molecule has 2 aromatic rings. The number of ketones is 1. The molecule has 1 aliphatic carbocycles. The Hall–Kier alpha value is -2.42. The Morgan fingerprint density at radius 2 is 1.70 bits per heavy atom. The van der Waals surface area contributed by atoms with Crippen molar-refractivity contribution in [2.75, 3.05) is 34.4 Å². The summed E-state index contributed by atoms with van der Waals surface area (Å²) >= 11 is 0. The minimum atomic E-state index is -3.87. The van der Waals surface area contributed by atoms with Crippen LogP contribution in [0.25, 0.3) is 0 Å². The Labute approximate surface area is 196 Å². The fourth-order valence-electron chi connectivity index (χ4n) is 5.26. The lowest BCUT2D eigenvalue weighted by atomic mass is 9.84. The molecular weight excluding hydrogens is 440 g/mol. The molecule has 0 saturated carbocycles. The lowest BCUT2D eigenvalue weighted by Gasteiger charge is -2.36. The number of carbonyl (C=O) groups is 1. The lowest BCUT2D eigenvalue weighted by Crippen LogP contribution is -2.51. The number of ether oxygens (including phenoxy) is 2. The Balaban J connectivity index is 1.55. The van der Waals surface area contributed by atoms with Gasteiger partial charge in [0.1, 0.15) is 0 Å². The van der Waals surface area contributed by atoms with Crippen molar-refractivity contribution in [1.82, 2.24) is 9.62 Å². The van der Waals surface area contributed by atoms with E-state index in [1.165, 1.54) is 26.8 Å². The summed E-state index contributed by atoms with van der Waals surface area (Å²) in [4.78, 5) is 16.0. The maximum Gasteiger partial charge on any atom is 0.225 e. The highest BCUT2D eigenvalue weighted by atomic mass is 32.2. The van der Waals surface area contributed by atoms with Gasteiger partial charge in [0.15, 0.2) is 22.0 Å². The van der Waals surface area contributed by atoms with Crippen LogP contribution in [0.2, 0.25) is 0 Å². The molecule has 1 aliphatic heterocycles. The standard InChI is InChI=1S/C25H32N2O5S/c1-26-33(29,30)25(16-20-13-22(31-2)23(32-3)14-21(20)24(25)28)15-18-9-11-27(12-10-18)17-19-7-5-4-6-8-19/h4-8,13-14,18,26H,9-12,15-17H2,1-3H3. The van der Waals surface area contributed by atoms with Gasteiger partial charge >= 0.3 is 0 Å². The number of hydrogen-bond donors (Lipinski definition) is 1. The van der Waals surface area contributed by atoms with Gasteiger partial charge in [-0.3, -0.25) is 9.69 Å². The van der Waals surface area contributed by atoms with E-state index in [4.69, 9.17) is 9.47 Å². The van der Waals surface area contributed by atoms with E-state index < -0.39 is 14.8 Å². The van der Waals surface area contributed by atoms with Crippen LogP contribution in [0, 0.1) is 5.92 Å². The minimum absolute atomic E-state index is 0.148. The zero-order chi connectivity index (χ0) is 23.6. The number of sulfonamides is 1. The van der Waals surface area contributed by atoms with E-state index in [1.807, 2.05) is 18.2 Å². The molecule has 0 radical (unpaired) electrons. The topological polar surface area (TPSA) is 84.9 Å². The van der Waals surface area contributed by atoms with Crippen molar-refractivity contribution in [3.05, 3.63) is 59.2 Å². The summed E-state index contributed by atoms with van der Waals surface area (Å²) in [5.74, 6) is 0.731. The van der Waals surface area contributed by atoms with Crippen molar-refractivity contribution < 1.29 is 22.7 Å². The summed E-state index contributed by atoms with van der Waals surface area (Å²) in [7, 11) is 0.548. The monoisotopic (exact) mass is 472 g/mol. The number of carbonyl (C=O) groups excluding carboxylic acids is 1. The van der Waals surface area contributed by atoms with Gasteiger partial charge in [-0.15, -0.1) is 0 Å². The van der Waals surface area contributed by atoms with Gasteiger partial charge in [0.2, 0.25) is 10.0 Å². The number of benzene rings is 2. The molecule has 1 saturated heterocycles. The summed E-state index contributed by atoms with van der Waals surface area (Å²) < 4.78 is 38.3. The third-order valence-corrected chi connectivity index (χ3v) is 9.16. The Bertz CT molecular complexity index is 1110. The number of nitrogens with zero attached hydrogens (tertiary/aromatic N) is 1. The number of nitrogens with one attached hydrogen (secondary N) is 1. The van der Waals surface area contributed by atoms with Gasteiger partial charge < -0.3 is 9.47 Å². The highest BCUT2D eigenvalue weighted by Crippen LogP contribution is 2.45. The molecule has 0 amide bonds. The van der Waals surface area contributed by atoms with Crippen molar-refractivity contribution >= 4 is 15.8 Å². The fourth-order valence-corrected chi connectivity index (χ4v) is 6.80. The second-order valence-corrected chi connectivity index (χ2v) is 11.2. The zero-order valence-electron chi connectivity index (χ0n) is 19.5. The molecule has 1 unspecified atom stereocenters. The van der Waals surface area contributed by atoms with Crippen molar-refractivity contribution in [2.45, 2.75) is 37.0 Å². The number of methoxy groups -OCH3 is 2. The molecule has 4 rings (SSSR count). The summed E-state index contributed by atoms with van der Waals surface area (Å²) in [5.41, 5.74) is 2.38. The molecule has 0 bridgehead atoms. The van der Waals surface area contributed by atoms with Gasteiger partial charge in [0.25, 0.3) is 0 Å². The number of rotatable bonds is 8. The maximum atomic E-state index is 13.6. The SMILES string of the molecule is CNS(=O)(=O)C1(CC2CCN(Cc3ccccc3)CC2)Cc2cc(OC)c(OC)cc2C1=O. The second-order valence-electron chi connectivity index (χ2n) is 8.98. The van der Waals surface area contributed by atoms with Crippen LogP contribution < -0.4 is 14.2 Å². The molecule has 7 nitrogen and oxygen atoms in total. The first-order valence-corrected chi connectivity index (χ1v) is 12.8. The van der Waals surface area contributed by atoms with Crippen LogP contribution in [0.15, 0.2) is 42.5 Å². The van der Waals surface area contributed by atoms with E-state index in [-0.39, 0.29) is 18.1 Å². The maximum absolute atomic E-state index is 13.6. The quantitative estimate of drug-likeness (QED) is 0.636. The summed E-state index contributed by atoms with van der Waals surface area (Å²) in [6, 6.07) is 13.7. The van der Waals surface area contributed by atoms with Crippen molar-refractivity contribution in [3.8, 4) is 11.5 Å². The molecule has 8 heteroatoms. The third-order valence-electron chi connectivity index (χ3n) is 7.10. The highest BCUT2D eigenvalue weighted by Gasteiger charge is 2.56. The first kappa shape index (κ1) is 23.7. The zero-order valence-corrected chi connectivity index (χ0v) is 20.3. The molecule has 178 valence electrons. The smallest absolute Gasteiger partial charge is 0.225 e. The summed E-state index contributed by atoms with van der Waals surface area (Å²) in [5, 5.41) is 0. The van der Waals surface area contributed by atoms with Crippen LogP contribution in [0.4, 0.5) is 0 Å². The van der Waals surface area contributed by atoms with Crippen LogP contribution in [0.5, 0.6) is 11.5 Å². The van der Waals surface area contributed by atoms with Gasteiger partial charge in [0.05, 0.1) is 14.2 Å². The van der Waals surface area contributed by atoms with Crippen molar-refractivity contribution in [2.24, 2.45) is 5.92 Å². The molecule has 2 aromatic carbocycles. The van der Waals surface area contributed by atoms with Crippen LogP contribution in [-0.4, -0.2) is 58.2 Å². The molecule has 33 heavy (non-hydrogen) atoms. The molecule has 1 heterocycles. The van der Waals surface area contributed by atoms with E-state index in [0.717, 1.165) is 32.5 Å². The first-order valence-electron chi connectivity index (χ1n) is 11.3. The largest absolute Gasteiger partial charge is 0.493 e. The van der Waals surface area contributed by atoms with E-state index in [9.17, 15) is 13.2 Å². The third kappa shape index (κ3) is 4.39. The number of Topliss-reactive ketones (excluding diaryl/α,β-unsaturated/α-hetero) is 1. The van der Waals surface area contributed by atoms with Gasteiger partial charge in [0, 0.05) is 18.5 Å². The van der Waals surface area contributed by atoms with Gasteiger partial charge in [-0.05, 0) is 68.6 Å². The summed E-state index contributed by atoms with van der Waals surface area (Å²) in [6.07, 6.45) is 2.19. The number of piperidine rings is 1. The molecule has 1 N–H and O–H groups in total. The van der Waals surface area contributed by atoms with E-state index in [2.05, 4.69) is 21.8 Å². The number of hydrogen-bond acceptors (Lipinski definition) is 6. The average molecular weight is 473 g/mol. The number of fused-ring (bicyclic) bond motifs is 1. The second kappa shape index (κ2) is 9.44. The van der Waals surface area contributed by atoms with Gasteiger partial charge in [-0.2, -0.15) is 0 Å². The van der Waals surface area contributed by atoms with Crippen molar-refractivity contribution in [1.29, 1.82) is 0 Å². The molecule has 1 atom stereocenters. The first-order chi connectivity index (χ1) is 15.8. The predicted molar refractivity (Wildman–Crippen MR) is 127 cm³/mol. The number of likely N-dealkylation sites (tertiary alicyclic amines) is 1. The minimum Gasteiger partial charge on any atom is -0.493 e. The summed E-state index contributed by atoms with van der Waals surface area (Å²) in [6.45, 7) is 2.66. The van der Waals surface area contributed by atoms with Gasteiger partial charge in [-0.25, -0.2) is 13.1 Å². The van der Waals surface area contributed by atoms with Crippen molar-refractivity contribution in [3.63, 3.8) is 0 Å². The highest BCUT2D eigenvalue weighted by molar-refractivity contribution is 7.91. The van der Waals surface area contributed by atoms with Gasteiger partial charge in [-0.1, -0.05) is 30.3 Å². The Morgan fingerprint density at radius 3 is 2.30 bits per heavy atom. The van der Waals surface area contributed by atoms with Crippen LogP contribution >= 0.6 is 0 Å². The van der Waals surface area contributed by atoms with Crippen LogP contribution in [0.1, 0.15) is 40.7 Å². The van der Waals surface area contributed by atoms with Crippen LogP contribution in [-0.2, 0) is 23.0 Å². The Kier molecular flexibility index (Phi) is 6.79. The normalized spacial score (nSPS) is 21.7. The predicted octanol–water partition coefficient (Wildman–Crippen LogP) is 3.03.